The van der Waals surface area contributed by atoms with Crippen LogP contribution in [0.15, 0.2) is 0 Å². The Hall–Kier alpha value is -0.00312. The molecule has 0 aliphatic heterocycles. The maximum Gasteiger partial charge on any atom is 0.303 e. The molecule has 3 nitrogen and oxygen atoms in total. The van der Waals surface area contributed by atoms with Gasteiger partial charge in [-0.15, -0.1) is 0 Å². The number of thiol groups is 1. The van der Waals surface area contributed by atoms with Crippen LogP contribution in [0.3, 0.4) is 0 Å². The van der Waals surface area contributed by atoms with E-state index in [9.17, 15) is 9.90 Å². The number of nitrogens with zero attached hydrogens (tertiary/aromatic N) is 1. The molecule has 0 radical (unpaired) electrons. The maximum atomic E-state index is 11.3. The molecule has 0 aromatic carbocycles. The molecule has 2 aliphatic rings. The normalized spacial score (nSPS) is 27.2. The lowest BCUT2D eigenvalue weighted by Crippen LogP contribution is -2.53. The van der Waals surface area contributed by atoms with Crippen molar-refractivity contribution in [2.45, 2.75) is 70.1 Å². The predicted octanol–water partition coefficient (Wildman–Crippen LogP) is 3.63. The monoisotopic (exact) mass is 358 g/mol. The smallest absolute Gasteiger partial charge is 0.303 e. The Balaban J connectivity index is 1.97. The summed E-state index contributed by atoms with van der Waals surface area (Å²) in [7, 11) is 1.04. The van der Waals surface area contributed by atoms with Crippen molar-refractivity contribution in [1.82, 2.24) is 4.57 Å². The van der Waals surface area contributed by atoms with Gasteiger partial charge in [-0.3, -0.25) is 4.79 Å². The lowest BCUT2D eigenvalue weighted by atomic mass is 9.74. The van der Waals surface area contributed by atoms with Crippen molar-refractivity contribution >= 4 is 26.0 Å². The van der Waals surface area contributed by atoms with E-state index in [1.165, 1.54) is 62.1 Å². The zero-order valence-electron chi connectivity index (χ0n) is 15.4. The van der Waals surface area contributed by atoms with E-state index in [4.69, 9.17) is 0 Å². The summed E-state index contributed by atoms with van der Waals surface area (Å²) in [4.78, 5) is 11.3. The Labute approximate surface area is 147 Å². The predicted molar refractivity (Wildman–Crippen MR) is 104 cm³/mol. The second-order valence-corrected chi connectivity index (χ2v) is 14.3. The molecule has 0 spiro atoms. The summed E-state index contributed by atoms with van der Waals surface area (Å²) < 4.78 is 2.75. The van der Waals surface area contributed by atoms with Gasteiger partial charge < -0.3 is 9.67 Å². The van der Waals surface area contributed by atoms with Gasteiger partial charge in [0.2, 0.25) is 0 Å². The minimum Gasteiger partial charge on any atom is -0.481 e. The van der Waals surface area contributed by atoms with Gasteiger partial charge in [-0.1, -0.05) is 25.9 Å². The Morgan fingerprint density at radius 3 is 2.52 bits per heavy atom. The molecule has 0 heterocycles. The van der Waals surface area contributed by atoms with Crippen molar-refractivity contribution in [2.75, 3.05) is 19.1 Å². The van der Waals surface area contributed by atoms with E-state index in [0.29, 0.717) is 30.2 Å². The number of hydrogen-bond acceptors (Lipinski definition) is 2. The summed E-state index contributed by atoms with van der Waals surface area (Å²) in [6.45, 7) is 5.02. The fourth-order valence-corrected chi connectivity index (χ4v) is 9.10. The summed E-state index contributed by atoms with van der Waals surface area (Å²) in [5.74, 6) is 2.54. The molecule has 2 rings (SSSR count). The molecule has 0 aromatic heterocycles. The molecule has 3 atom stereocenters. The molecule has 0 bridgehead atoms. The highest BCUT2D eigenvalue weighted by molar-refractivity contribution is 7.77. The summed E-state index contributed by atoms with van der Waals surface area (Å²) in [6.07, 6.45) is 10.3. The van der Waals surface area contributed by atoms with Crippen molar-refractivity contribution in [3.63, 3.8) is 0 Å². The van der Waals surface area contributed by atoms with Crippen molar-refractivity contribution in [3.8, 4) is 0 Å². The average molecular weight is 359 g/mol. The standard InChI is InChI=1S/C18H35NO2SSi/c1-19(23(3,4)11-10-22-2)16-7-5-6-15(12-16)17(13-18(20)21)14-8-9-14/h14-17H,5-13H2,1-4H3,(H,20,21)/p+1/t15?,16?,17-/m0/s1. The zero-order chi connectivity index (χ0) is 17.0. The summed E-state index contributed by atoms with van der Waals surface area (Å²) in [5.41, 5.74) is 0. The number of carboxylic acid groups (broad SMARTS) is 1. The first-order valence-corrected chi connectivity index (χ1v) is 14.0. The van der Waals surface area contributed by atoms with Crippen molar-refractivity contribution < 1.29 is 9.90 Å². The molecule has 23 heavy (non-hydrogen) atoms. The highest BCUT2D eigenvalue weighted by Crippen LogP contribution is 2.47. The highest BCUT2D eigenvalue weighted by atomic mass is 32.2. The lowest BCUT2D eigenvalue weighted by molar-refractivity contribution is -0.139. The molecular formula is C18H36NO2SSi+. The van der Waals surface area contributed by atoms with Crippen molar-refractivity contribution in [1.29, 1.82) is 0 Å². The minimum atomic E-state index is -1.31. The molecule has 134 valence electrons. The molecule has 2 unspecified atom stereocenters. The fraction of sp³-hybridized carbons (Fsp3) is 0.944. The third kappa shape index (κ3) is 5.50. The number of aliphatic carboxylic acids is 1. The van der Waals surface area contributed by atoms with Crippen LogP contribution in [-0.4, -0.2) is 49.0 Å². The minimum absolute atomic E-state index is 0.404. The van der Waals surface area contributed by atoms with Crippen LogP contribution in [-0.2, 0) is 16.6 Å². The molecule has 5 heteroatoms. The van der Waals surface area contributed by atoms with Gasteiger partial charge in [0.1, 0.15) is 14.0 Å². The van der Waals surface area contributed by atoms with Gasteiger partial charge in [-0.25, -0.2) is 0 Å². The topological polar surface area (TPSA) is 40.5 Å². The third-order valence-electron chi connectivity index (χ3n) is 6.38. The lowest BCUT2D eigenvalue weighted by Gasteiger charge is -2.44. The van der Waals surface area contributed by atoms with E-state index in [2.05, 4.69) is 31.0 Å². The van der Waals surface area contributed by atoms with Gasteiger partial charge >= 0.3 is 5.97 Å². The second kappa shape index (κ2) is 8.39. The Morgan fingerprint density at radius 1 is 1.26 bits per heavy atom. The van der Waals surface area contributed by atoms with Crippen LogP contribution in [0.5, 0.6) is 0 Å². The highest BCUT2D eigenvalue weighted by Gasteiger charge is 2.41. The molecule has 0 amide bonds. The van der Waals surface area contributed by atoms with Crippen LogP contribution >= 0.6 is 0 Å². The van der Waals surface area contributed by atoms with E-state index in [0.717, 1.165) is 0 Å². The summed E-state index contributed by atoms with van der Waals surface area (Å²) in [5, 5.41) is 9.29. The van der Waals surface area contributed by atoms with Crippen molar-refractivity contribution in [2.24, 2.45) is 17.8 Å². The number of carbonyl (C=O) groups is 1. The fourth-order valence-electron chi connectivity index (χ4n) is 4.44. The number of rotatable bonds is 9. The van der Waals surface area contributed by atoms with Gasteiger partial charge in [0.25, 0.3) is 0 Å². The molecule has 2 fully saturated rings. The summed E-state index contributed by atoms with van der Waals surface area (Å²) in [6, 6.07) is 2.07. The first-order valence-electron chi connectivity index (χ1n) is 9.35. The van der Waals surface area contributed by atoms with E-state index in [1.807, 2.05) is 0 Å². The Kier molecular flexibility index (Phi) is 7.05. The van der Waals surface area contributed by atoms with Gasteiger partial charge in [0.05, 0.1) is 6.26 Å². The van der Waals surface area contributed by atoms with Crippen molar-refractivity contribution in [3.05, 3.63) is 0 Å². The van der Waals surface area contributed by atoms with Crippen LogP contribution in [0.25, 0.3) is 0 Å². The summed E-state index contributed by atoms with van der Waals surface area (Å²) >= 11 is 1.51. The van der Waals surface area contributed by atoms with Crippen LogP contribution in [0, 0.1) is 17.8 Å². The molecule has 2 saturated carbocycles. The van der Waals surface area contributed by atoms with E-state index in [-0.39, 0.29) is 0 Å². The molecule has 2 aliphatic carbocycles. The van der Waals surface area contributed by atoms with E-state index in [1.54, 1.807) is 0 Å². The van der Waals surface area contributed by atoms with Crippen LogP contribution in [0.2, 0.25) is 19.1 Å². The molecule has 0 aromatic rings. The van der Waals surface area contributed by atoms with Crippen LogP contribution < -0.4 is 0 Å². The quantitative estimate of drug-likeness (QED) is 0.389. The molecular weight excluding hydrogens is 322 g/mol. The van der Waals surface area contributed by atoms with Gasteiger partial charge in [0, 0.05) is 18.5 Å². The Bertz CT molecular complexity index is 400. The largest absolute Gasteiger partial charge is 0.481 e. The van der Waals surface area contributed by atoms with Gasteiger partial charge in [-0.2, -0.15) is 0 Å². The SMILES string of the molecule is C[SH+]CC[Si](C)(C)N(C)C1CCCC([C@@H](CC(=O)O)C2CC2)C1. The number of carboxylic acids is 1. The maximum absolute atomic E-state index is 11.3. The average Bonchev–Trinajstić information content (AvgIpc) is 3.34. The van der Waals surface area contributed by atoms with Gasteiger partial charge in [-0.05, 0) is 62.2 Å². The van der Waals surface area contributed by atoms with Crippen LogP contribution in [0.1, 0.15) is 44.9 Å². The van der Waals surface area contributed by atoms with Gasteiger partial charge in [0.15, 0.2) is 0 Å². The van der Waals surface area contributed by atoms with E-state index < -0.39 is 14.2 Å². The molecule has 0 saturated heterocycles. The van der Waals surface area contributed by atoms with Crippen LogP contribution in [0.4, 0.5) is 0 Å². The zero-order valence-corrected chi connectivity index (χ0v) is 17.3. The molecule has 1 N–H and O–H groups in total. The second-order valence-electron chi connectivity index (χ2n) is 8.39. The number of hydrogen-bond donors (Lipinski definition) is 1. The Morgan fingerprint density at radius 2 is 1.96 bits per heavy atom. The first-order chi connectivity index (χ1) is 10.8. The third-order valence-corrected chi connectivity index (χ3v) is 11.2. The van der Waals surface area contributed by atoms with E-state index >= 15 is 0 Å². The first kappa shape index (κ1) is 19.3.